The second-order valence-corrected chi connectivity index (χ2v) is 4.25. The summed E-state index contributed by atoms with van der Waals surface area (Å²) < 4.78 is 5.09. The van der Waals surface area contributed by atoms with Gasteiger partial charge in [0.15, 0.2) is 0 Å². The number of unbranched alkanes of at least 4 members (excludes halogenated alkanes) is 3. The van der Waals surface area contributed by atoms with Crippen LogP contribution in [0.5, 0.6) is 5.88 Å². The lowest BCUT2D eigenvalue weighted by atomic mass is 10.2. The van der Waals surface area contributed by atoms with E-state index < -0.39 is 0 Å². The average Bonchev–Trinajstić information content (AvgIpc) is 2.33. The maximum Gasteiger partial charge on any atom is 0.218 e. The standard InChI is InChI=1S/C12H20ClN3O/c1-10-15-11(9-12(16-10)17-2)14-8-6-4-3-5-7-13/h9H,3-8H2,1-2H3,(H,14,15,16). The summed E-state index contributed by atoms with van der Waals surface area (Å²) in [5, 5.41) is 3.27. The number of aromatic nitrogens is 2. The fourth-order valence-electron chi connectivity index (χ4n) is 1.52. The molecule has 0 spiro atoms. The lowest BCUT2D eigenvalue weighted by molar-refractivity contribution is 0.396. The molecule has 96 valence electrons. The number of nitrogens with one attached hydrogen (secondary N) is 1. The highest BCUT2D eigenvalue weighted by Crippen LogP contribution is 2.12. The Morgan fingerprint density at radius 1 is 1.24 bits per heavy atom. The fraction of sp³-hybridized carbons (Fsp3) is 0.667. The van der Waals surface area contributed by atoms with Crippen molar-refractivity contribution in [2.45, 2.75) is 32.6 Å². The molecular formula is C12H20ClN3O. The molecule has 5 heteroatoms. The van der Waals surface area contributed by atoms with Gasteiger partial charge in [-0.25, -0.2) is 4.98 Å². The van der Waals surface area contributed by atoms with Crippen LogP contribution in [0.25, 0.3) is 0 Å². The minimum atomic E-state index is 0.599. The van der Waals surface area contributed by atoms with Crippen LogP contribution in [0.2, 0.25) is 0 Å². The molecule has 1 aromatic rings. The van der Waals surface area contributed by atoms with Gasteiger partial charge < -0.3 is 10.1 Å². The van der Waals surface area contributed by atoms with Gasteiger partial charge in [-0.3, -0.25) is 0 Å². The Labute approximate surface area is 108 Å². The van der Waals surface area contributed by atoms with E-state index in [2.05, 4.69) is 15.3 Å². The number of alkyl halides is 1. The quantitative estimate of drug-likeness (QED) is 0.575. The van der Waals surface area contributed by atoms with Gasteiger partial charge >= 0.3 is 0 Å². The number of ether oxygens (including phenoxy) is 1. The van der Waals surface area contributed by atoms with Gasteiger partial charge in [-0.15, -0.1) is 11.6 Å². The maximum absolute atomic E-state index is 5.61. The van der Waals surface area contributed by atoms with E-state index in [0.717, 1.165) is 31.1 Å². The van der Waals surface area contributed by atoms with Crippen molar-refractivity contribution in [3.05, 3.63) is 11.9 Å². The zero-order chi connectivity index (χ0) is 12.5. The minimum absolute atomic E-state index is 0.599. The molecular weight excluding hydrogens is 238 g/mol. The van der Waals surface area contributed by atoms with Gasteiger partial charge in [-0.05, 0) is 19.8 Å². The highest BCUT2D eigenvalue weighted by molar-refractivity contribution is 6.17. The summed E-state index contributed by atoms with van der Waals surface area (Å²) in [5.74, 6) is 2.90. The predicted octanol–water partition coefficient (Wildman–Crippen LogP) is 3.00. The van der Waals surface area contributed by atoms with Crippen molar-refractivity contribution in [3.8, 4) is 5.88 Å². The molecule has 0 unspecified atom stereocenters. The van der Waals surface area contributed by atoms with E-state index in [-0.39, 0.29) is 0 Å². The summed E-state index contributed by atoms with van der Waals surface area (Å²) in [6.45, 7) is 2.77. The van der Waals surface area contributed by atoms with E-state index >= 15 is 0 Å². The van der Waals surface area contributed by atoms with Crippen LogP contribution in [0.3, 0.4) is 0 Å². The lowest BCUT2D eigenvalue weighted by Crippen LogP contribution is -2.05. The molecule has 0 saturated carbocycles. The van der Waals surface area contributed by atoms with Crippen LogP contribution in [0, 0.1) is 6.92 Å². The number of hydrogen-bond acceptors (Lipinski definition) is 4. The minimum Gasteiger partial charge on any atom is -0.481 e. The SMILES string of the molecule is COc1cc(NCCCCCCCl)nc(C)n1. The van der Waals surface area contributed by atoms with Crippen LogP contribution in [0.15, 0.2) is 6.07 Å². The highest BCUT2D eigenvalue weighted by Gasteiger charge is 2.00. The molecule has 0 aliphatic rings. The third-order valence-electron chi connectivity index (χ3n) is 2.39. The maximum atomic E-state index is 5.61. The van der Waals surface area contributed by atoms with Crippen LogP contribution < -0.4 is 10.1 Å². The summed E-state index contributed by atoms with van der Waals surface area (Å²) in [4.78, 5) is 8.43. The Bertz CT molecular complexity index is 334. The summed E-state index contributed by atoms with van der Waals surface area (Å²) in [7, 11) is 1.61. The van der Waals surface area contributed by atoms with Gasteiger partial charge in [0.05, 0.1) is 7.11 Å². The third kappa shape index (κ3) is 5.73. The van der Waals surface area contributed by atoms with Crippen LogP contribution in [0.1, 0.15) is 31.5 Å². The van der Waals surface area contributed by atoms with Crippen molar-refractivity contribution in [1.82, 2.24) is 9.97 Å². The molecule has 0 aromatic carbocycles. The van der Waals surface area contributed by atoms with Crippen molar-refractivity contribution < 1.29 is 4.74 Å². The van der Waals surface area contributed by atoms with Gasteiger partial charge in [0.2, 0.25) is 5.88 Å². The van der Waals surface area contributed by atoms with E-state index in [1.54, 1.807) is 7.11 Å². The Kier molecular flexibility index (Phi) is 6.70. The first kappa shape index (κ1) is 14.0. The molecule has 0 saturated heterocycles. The first-order valence-electron chi connectivity index (χ1n) is 5.95. The number of rotatable bonds is 8. The van der Waals surface area contributed by atoms with E-state index in [1.807, 2.05) is 13.0 Å². The first-order chi connectivity index (χ1) is 8.26. The number of anilines is 1. The first-order valence-corrected chi connectivity index (χ1v) is 6.49. The zero-order valence-electron chi connectivity index (χ0n) is 10.5. The number of methoxy groups -OCH3 is 1. The second kappa shape index (κ2) is 8.12. The van der Waals surface area contributed by atoms with Crippen LogP contribution in [0.4, 0.5) is 5.82 Å². The number of nitrogens with zero attached hydrogens (tertiary/aromatic N) is 2. The van der Waals surface area contributed by atoms with E-state index in [0.29, 0.717) is 11.7 Å². The zero-order valence-corrected chi connectivity index (χ0v) is 11.3. The van der Waals surface area contributed by atoms with Crippen molar-refractivity contribution in [3.63, 3.8) is 0 Å². The fourth-order valence-corrected chi connectivity index (χ4v) is 1.71. The van der Waals surface area contributed by atoms with Gasteiger partial charge in [-0.2, -0.15) is 4.98 Å². The summed E-state index contributed by atoms with van der Waals surface area (Å²) >= 11 is 5.61. The highest BCUT2D eigenvalue weighted by atomic mass is 35.5. The van der Waals surface area contributed by atoms with Crippen molar-refractivity contribution in [1.29, 1.82) is 0 Å². The molecule has 0 bridgehead atoms. The largest absolute Gasteiger partial charge is 0.481 e. The topological polar surface area (TPSA) is 47.0 Å². The van der Waals surface area contributed by atoms with Crippen LogP contribution >= 0.6 is 11.6 Å². The second-order valence-electron chi connectivity index (χ2n) is 3.87. The van der Waals surface area contributed by atoms with Gasteiger partial charge in [0.1, 0.15) is 11.6 Å². The monoisotopic (exact) mass is 257 g/mol. The Morgan fingerprint density at radius 2 is 2.00 bits per heavy atom. The molecule has 1 rings (SSSR count). The molecule has 1 heterocycles. The van der Waals surface area contributed by atoms with E-state index in [1.165, 1.54) is 12.8 Å². The van der Waals surface area contributed by atoms with Gasteiger partial charge in [0.25, 0.3) is 0 Å². The van der Waals surface area contributed by atoms with Crippen molar-refractivity contribution in [2.75, 3.05) is 24.9 Å². The average molecular weight is 258 g/mol. The van der Waals surface area contributed by atoms with E-state index in [4.69, 9.17) is 16.3 Å². The van der Waals surface area contributed by atoms with Crippen molar-refractivity contribution >= 4 is 17.4 Å². The molecule has 0 amide bonds. The molecule has 1 N–H and O–H groups in total. The molecule has 17 heavy (non-hydrogen) atoms. The van der Waals surface area contributed by atoms with Gasteiger partial charge in [-0.1, -0.05) is 12.8 Å². The van der Waals surface area contributed by atoms with E-state index in [9.17, 15) is 0 Å². The summed E-state index contributed by atoms with van der Waals surface area (Å²) in [6.07, 6.45) is 4.61. The van der Waals surface area contributed by atoms with Crippen LogP contribution in [-0.4, -0.2) is 29.5 Å². The molecule has 1 aromatic heterocycles. The Balaban J connectivity index is 2.28. The molecule has 0 atom stereocenters. The number of halogens is 1. The Morgan fingerprint density at radius 3 is 2.71 bits per heavy atom. The molecule has 4 nitrogen and oxygen atoms in total. The lowest BCUT2D eigenvalue weighted by Gasteiger charge is -2.07. The molecule has 0 radical (unpaired) electrons. The molecule has 0 aliphatic carbocycles. The van der Waals surface area contributed by atoms with Gasteiger partial charge in [0, 0.05) is 18.5 Å². The number of hydrogen-bond donors (Lipinski definition) is 1. The molecule has 0 fully saturated rings. The van der Waals surface area contributed by atoms with Crippen LogP contribution in [-0.2, 0) is 0 Å². The summed E-state index contributed by atoms with van der Waals surface area (Å²) in [5.41, 5.74) is 0. The number of aryl methyl sites for hydroxylation is 1. The Hall–Kier alpha value is -1.03. The normalized spacial score (nSPS) is 10.3. The third-order valence-corrected chi connectivity index (χ3v) is 2.66. The predicted molar refractivity (Wildman–Crippen MR) is 71.0 cm³/mol. The smallest absolute Gasteiger partial charge is 0.218 e. The van der Waals surface area contributed by atoms with Crippen molar-refractivity contribution in [2.24, 2.45) is 0 Å². The molecule has 0 aliphatic heterocycles. The summed E-state index contributed by atoms with van der Waals surface area (Å²) in [6, 6.07) is 1.81.